The fraction of sp³-hybridized carbons (Fsp3) is 0.667. The maximum Gasteiger partial charge on any atom is 0.325 e. The standard InChI is InChI=1S/C12H19N3O4S/c1-9(2)6-15(10-3-4-10)20(18,19)11-5-13-14(7-11)8-12(16)17/h5,7,9-10H,3-4,6,8H2,1-2H3,(H,16,17). The number of aliphatic carboxylic acids is 1. The molecule has 112 valence electrons. The van der Waals surface area contributed by atoms with E-state index in [9.17, 15) is 13.2 Å². The molecule has 0 atom stereocenters. The summed E-state index contributed by atoms with van der Waals surface area (Å²) >= 11 is 0. The van der Waals surface area contributed by atoms with Gasteiger partial charge in [-0.25, -0.2) is 8.42 Å². The van der Waals surface area contributed by atoms with Gasteiger partial charge in [-0.1, -0.05) is 13.8 Å². The fourth-order valence-corrected chi connectivity index (χ4v) is 3.81. The van der Waals surface area contributed by atoms with E-state index in [1.807, 2.05) is 13.8 Å². The summed E-state index contributed by atoms with van der Waals surface area (Å²) in [5, 5.41) is 12.5. The van der Waals surface area contributed by atoms with E-state index in [1.165, 1.54) is 16.7 Å². The molecule has 0 unspecified atom stereocenters. The molecule has 7 nitrogen and oxygen atoms in total. The second kappa shape index (κ2) is 5.53. The highest BCUT2D eigenvalue weighted by molar-refractivity contribution is 7.89. The zero-order chi connectivity index (χ0) is 14.9. The van der Waals surface area contributed by atoms with Gasteiger partial charge in [-0.3, -0.25) is 9.48 Å². The summed E-state index contributed by atoms with van der Waals surface area (Å²) in [4.78, 5) is 10.7. The van der Waals surface area contributed by atoms with Crippen LogP contribution in [-0.4, -0.2) is 46.2 Å². The molecule has 0 aromatic carbocycles. The van der Waals surface area contributed by atoms with Gasteiger partial charge in [-0.15, -0.1) is 0 Å². The van der Waals surface area contributed by atoms with Crippen LogP contribution in [-0.2, 0) is 21.4 Å². The lowest BCUT2D eigenvalue weighted by Crippen LogP contribution is -2.36. The molecule has 1 aromatic rings. The Bertz CT molecular complexity index is 590. The number of carboxylic acid groups (broad SMARTS) is 1. The molecule has 20 heavy (non-hydrogen) atoms. The molecule has 2 rings (SSSR count). The minimum absolute atomic E-state index is 0.0614. The minimum atomic E-state index is -3.59. The normalized spacial score (nSPS) is 16.0. The first-order valence-electron chi connectivity index (χ1n) is 6.57. The average molecular weight is 301 g/mol. The van der Waals surface area contributed by atoms with Crippen LogP contribution >= 0.6 is 0 Å². The molecule has 1 aromatic heterocycles. The van der Waals surface area contributed by atoms with Crippen LogP contribution < -0.4 is 0 Å². The average Bonchev–Trinajstić information content (AvgIpc) is 3.05. The first-order valence-corrected chi connectivity index (χ1v) is 8.01. The van der Waals surface area contributed by atoms with Crippen molar-refractivity contribution in [2.24, 2.45) is 5.92 Å². The number of nitrogens with zero attached hydrogens (tertiary/aromatic N) is 3. The van der Waals surface area contributed by atoms with Crippen LogP contribution in [0.4, 0.5) is 0 Å². The van der Waals surface area contributed by atoms with E-state index in [0.717, 1.165) is 17.5 Å². The summed E-state index contributed by atoms with van der Waals surface area (Å²) in [6.07, 6.45) is 4.26. The molecular weight excluding hydrogens is 282 g/mol. The van der Waals surface area contributed by atoms with Crippen molar-refractivity contribution in [1.82, 2.24) is 14.1 Å². The predicted molar refractivity (Wildman–Crippen MR) is 71.6 cm³/mol. The summed E-state index contributed by atoms with van der Waals surface area (Å²) in [5.74, 6) is -0.822. The lowest BCUT2D eigenvalue weighted by molar-refractivity contribution is -0.137. The summed E-state index contributed by atoms with van der Waals surface area (Å²) < 4.78 is 27.8. The highest BCUT2D eigenvalue weighted by Crippen LogP contribution is 2.32. The number of rotatable bonds is 7. The van der Waals surface area contributed by atoms with Crippen LogP contribution in [0.2, 0.25) is 0 Å². The molecular formula is C12H19N3O4S. The lowest BCUT2D eigenvalue weighted by Gasteiger charge is -2.22. The van der Waals surface area contributed by atoms with Gasteiger partial charge in [-0.2, -0.15) is 9.40 Å². The quantitative estimate of drug-likeness (QED) is 0.803. The van der Waals surface area contributed by atoms with Gasteiger partial charge in [0, 0.05) is 18.8 Å². The Kier molecular flexibility index (Phi) is 4.14. The van der Waals surface area contributed by atoms with Gasteiger partial charge < -0.3 is 5.11 Å². The van der Waals surface area contributed by atoms with E-state index in [1.54, 1.807) is 0 Å². The monoisotopic (exact) mass is 301 g/mol. The summed E-state index contributed by atoms with van der Waals surface area (Å²) in [5.41, 5.74) is 0. The van der Waals surface area contributed by atoms with Crippen LogP contribution in [0.25, 0.3) is 0 Å². The highest BCUT2D eigenvalue weighted by atomic mass is 32.2. The Hall–Kier alpha value is -1.41. The number of sulfonamides is 1. The van der Waals surface area contributed by atoms with Crippen molar-refractivity contribution in [3.63, 3.8) is 0 Å². The fourth-order valence-electron chi connectivity index (χ4n) is 2.00. The molecule has 1 N–H and O–H groups in total. The molecule has 0 saturated heterocycles. The maximum absolute atomic E-state index is 12.6. The van der Waals surface area contributed by atoms with E-state index in [-0.39, 0.29) is 23.4 Å². The maximum atomic E-state index is 12.6. The van der Waals surface area contributed by atoms with Crippen molar-refractivity contribution in [2.75, 3.05) is 6.54 Å². The summed E-state index contributed by atoms with van der Waals surface area (Å²) in [7, 11) is -3.59. The van der Waals surface area contributed by atoms with Gasteiger partial charge >= 0.3 is 5.97 Å². The second-order valence-electron chi connectivity index (χ2n) is 5.47. The lowest BCUT2D eigenvalue weighted by atomic mass is 10.2. The molecule has 0 radical (unpaired) electrons. The van der Waals surface area contributed by atoms with Gasteiger partial charge in [0.05, 0.1) is 6.20 Å². The third kappa shape index (κ3) is 3.37. The molecule has 0 bridgehead atoms. The van der Waals surface area contributed by atoms with Crippen LogP contribution in [0, 0.1) is 5.92 Å². The van der Waals surface area contributed by atoms with E-state index >= 15 is 0 Å². The SMILES string of the molecule is CC(C)CN(C1CC1)S(=O)(=O)c1cnn(CC(=O)O)c1. The van der Waals surface area contributed by atoms with Crippen molar-refractivity contribution < 1.29 is 18.3 Å². The van der Waals surface area contributed by atoms with Crippen molar-refractivity contribution in [3.8, 4) is 0 Å². The number of hydrogen-bond donors (Lipinski definition) is 1. The van der Waals surface area contributed by atoms with Crippen molar-refractivity contribution >= 4 is 16.0 Å². The number of carbonyl (C=O) groups is 1. The Morgan fingerprint density at radius 2 is 2.20 bits per heavy atom. The number of hydrogen-bond acceptors (Lipinski definition) is 4. The molecule has 1 aliphatic carbocycles. The molecule has 8 heteroatoms. The molecule has 0 amide bonds. The third-order valence-electron chi connectivity index (χ3n) is 3.01. The van der Waals surface area contributed by atoms with E-state index in [0.29, 0.717) is 6.54 Å². The van der Waals surface area contributed by atoms with Crippen LogP contribution in [0.5, 0.6) is 0 Å². The van der Waals surface area contributed by atoms with Gasteiger partial charge in [-0.05, 0) is 18.8 Å². The zero-order valence-corrected chi connectivity index (χ0v) is 12.4. The molecule has 1 fully saturated rings. The van der Waals surface area contributed by atoms with Gasteiger partial charge in [0.15, 0.2) is 0 Å². The predicted octanol–water partition coefficient (Wildman–Crippen LogP) is 0.777. The second-order valence-corrected chi connectivity index (χ2v) is 7.36. The van der Waals surface area contributed by atoms with Gasteiger partial charge in [0.25, 0.3) is 0 Å². The minimum Gasteiger partial charge on any atom is -0.480 e. The first-order chi connectivity index (χ1) is 9.30. The van der Waals surface area contributed by atoms with Gasteiger partial charge in [0.2, 0.25) is 10.0 Å². The molecule has 0 spiro atoms. The van der Waals surface area contributed by atoms with Crippen molar-refractivity contribution in [3.05, 3.63) is 12.4 Å². The Morgan fingerprint density at radius 1 is 1.55 bits per heavy atom. The highest BCUT2D eigenvalue weighted by Gasteiger charge is 2.38. The molecule has 0 aliphatic heterocycles. The Morgan fingerprint density at radius 3 is 2.70 bits per heavy atom. The Labute approximate surface area is 118 Å². The van der Waals surface area contributed by atoms with E-state index in [4.69, 9.17) is 5.11 Å². The van der Waals surface area contributed by atoms with Crippen molar-refractivity contribution in [1.29, 1.82) is 0 Å². The third-order valence-corrected chi connectivity index (χ3v) is 4.88. The number of aromatic nitrogens is 2. The van der Waals surface area contributed by atoms with Crippen LogP contribution in [0.1, 0.15) is 26.7 Å². The van der Waals surface area contributed by atoms with E-state index < -0.39 is 16.0 Å². The summed E-state index contributed by atoms with van der Waals surface area (Å²) in [6.45, 7) is 4.07. The molecule has 1 heterocycles. The Balaban J connectivity index is 2.23. The largest absolute Gasteiger partial charge is 0.480 e. The van der Waals surface area contributed by atoms with Gasteiger partial charge in [0.1, 0.15) is 11.4 Å². The topological polar surface area (TPSA) is 92.5 Å². The van der Waals surface area contributed by atoms with Crippen molar-refractivity contribution in [2.45, 2.75) is 44.2 Å². The van der Waals surface area contributed by atoms with Crippen LogP contribution in [0.15, 0.2) is 17.3 Å². The molecule has 1 saturated carbocycles. The zero-order valence-electron chi connectivity index (χ0n) is 11.6. The van der Waals surface area contributed by atoms with E-state index in [2.05, 4.69) is 5.10 Å². The smallest absolute Gasteiger partial charge is 0.325 e. The molecule has 1 aliphatic rings. The first kappa shape index (κ1) is 15.0. The van der Waals surface area contributed by atoms with Crippen LogP contribution in [0.3, 0.4) is 0 Å². The summed E-state index contributed by atoms with van der Waals surface area (Å²) in [6, 6.07) is 0.0743. The number of carboxylic acids is 1.